The molecule has 0 aromatic heterocycles. The van der Waals surface area contributed by atoms with Gasteiger partial charge in [-0.3, -0.25) is 9.59 Å². The van der Waals surface area contributed by atoms with Crippen LogP contribution in [0.3, 0.4) is 0 Å². The highest BCUT2D eigenvalue weighted by Gasteiger charge is 2.28. The number of nitrogens with zero attached hydrogens (tertiary/aromatic N) is 2. The summed E-state index contributed by atoms with van der Waals surface area (Å²) in [5.41, 5.74) is 0.654. The van der Waals surface area contributed by atoms with Crippen LogP contribution in [0, 0.1) is 15.7 Å². The van der Waals surface area contributed by atoms with Crippen molar-refractivity contribution in [2.24, 2.45) is 16.3 Å². The summed E-state index contributed by atoms with van der Waals surface area (Å²) in [5, 5.41) is 4.29. The quantitative estimate of drug-likeness (QED) is 0.566. The lowest BCUT2D eigenvalue weighted by molar-refractivity contribution is -0.131. The first-order valence-corrected chi connectivity index (χ1v) is 4.47. The number of hydrogen-bond donors (Lipinski definition) is 0. The summed E-state index contributed by atoms with van der Waals surface area (Å²) in [4.78, 5) is 42.2. The van der Waals surface area contributed by atoms with E-state index in [4.69, 9.17) is 0 Å². The van der Waals surface area contributed by atoms with Gasteiger partial charge in [0.15, 0.2) is 0 Å². The Hall–Kier alpha value is -2.24. The van der Waals surface area contributed by atoms with Crippen molar-refractivity contribution in [3.8, 4) is 0 Å². The van der Waals surface area contributed by atoms with Gasteiger partial charge >= 0.3 is 0 Å². The lowest BCUT2D eigenvalue weighted by atomic mass is 9.98. The Morgan fingerprint density at radius 3 is 1.94 bits per heavy atom. The maximum absolute atomic E-state index is 11.0. The summed E-state index contributed by atoms with van der Waals surface area (Å²) in [7, 11) is 0. The monoisotopic (exact) mass is 220 g/mol. The lowest BCUT2D eigenvalue weighted by Crippen LogP contribution is -2.23. The third kappa shape index (κ3) is 2.88. The molecule has 2 amide bonds. The molecular formula is C10H8N2O4. The van der Waals surface area contributed by atoms with Crippen LogP contribution in [-0.4, -0.2) is 11.8 Å². The predicted octanol–water partition coefficient (Wildman–Crippen LogP) is 1.43. The second kappa shape index (κ2) is 5.59. The van der Waals surface area contributed by atoms with Gasteiger partial charge in [-0.05, 0) is 12.0 Å². The van der Waals surface area contributed by atoms with E-state index in [1.165, 1.54) is 0 Å². The SMILES string of the molecule is O=NC(=O)C(Cc1ccccc1)C(=O)N=O. The van der Waals surface area contributed by atoms with E-state index in [0.29, 0.717) is 5.56 Å². The molecule has 0 aliphatic rings. The molecule has 6 nitrogen and oxygen atoms in total. The van der Waals surface area contributed by atoms with Crippen LogP contribution in [0.2, 0.25) is 0 Å². The van der Waals surface area contributed by atoms with Gasteiger partial charge in [-0.2, -0.15) is 0 Å². The zero-order chi connectivity index (χ0) is 12.0. The van der Waals surface area contributed by atoms with Crippen molar-refractivity contribution < 1.29 is 9.59 Å². The van der Waals surface area contributed by atoms with Gasteiger partial charge in [-0.1, -0.05) is 30.3 Å². The summed E-state index contributed by atoms with van der Waals surface area (Å²) in [5.74, 6) is -3.75. The van der Waals surface area contributed by atoms with Crippen LogP contribution < -0.4 is 0 Å². The highest BCUT2D eigenvalue weighted by Crippen LogP contribution is 2.12. The highest BCUT2D eigenvalue weighted by molar-refractivity contribution is 6.01. The van der Waals surface area contributed by atoms with E-state index >= 15 is 0 Å². The molecule has 6 heteroatoms. The Morgan fingerprint density at radius 1 is 1.00 bits per heavy atom. The number of carbonyl (C=O) groups excluding carboxylic acids is 2. The average Bonchev–Trinajstić information content (AvgIpc) is 2.35. The van der Waals surface area contributed by atoms with Gasteiger partial charge in [0.1, 0.15) is 5.92 Å². The Balaban J connectivity index is 2.87. The van der Waals surface area contributed by atoms with Crippen molar-refractivity contribution in [3.63, 3.8) is 0 Å². The van der Waals surface area contributed by atoms with E-state index in [0.717, 1.165) is 0 Å². The van der Waals surface area contributed by atoms with Crippen molar-refractivity contribution >= 4 is 11.8 Å². The summed E-state index contributed by atoms with van der Waals surface area (Å²) < 4.78 is 0. The number of amides is 2. The molecule has 0 saturated carbocycles. The van der Waals surface area contributed by atoms with E-state index < -0.39 is 17.7 Å². The molecule has 16 heavy (non-hydrogen) atoms. The highest BCUT2D eigenvalue weighted by atomic mass is 16.3. The molecule has 1 rings (SSSR count). The van der Waals surface area contributed by atoms with Gasteiger partial charge in [0.05, 0.1) is 0 Å². The standard InChI is InChI=1S/C10H8N2O4/c13-9(11-15)8(10(14)12-16)6-7-4-2-1-3-5-7/h1-5,8H,6H2. The molecule has 0 aliphatic carbocycles. The Labute approximate surface area is 90.6 Å². The largest absolute Gasteiger partial charge is 0.299 e. The van der Waals surface area contributed by atoms with Crippen molar-refractivity contribution in [1.82, 2.24) is 0 Å². The van der Waals surface area contributed by atoms with Crippen LogP contribution in [0.1, 0.15) is 5.56 Å². The minimum atomic E-state index is -1.41. The van der Waals surface area contributed by atoms with E-state index in [1.54, 1.807) is 30.3 Å². The number of benzene rings is 1. The molecule has 1 aromatic carbocycles. The molecule has 0 spiro atoms. The molecule has 0 heterocycles. The maximum Gasteiger partial charge on any atom is 0.299 e. The molecule has 0 saturated heterocycles. The zero-order valence-electron chi connectivity index (χ0n) is 8.20. The van der Waals surface area contributed by atoms with Gasteiger partial charge in [0.2, 0.25) is 0 Å². The molecule has 1 aromatic rings. The van der Waals surface area contributed by atoms with Gasteiger partial charge in [0, 0.05) is 10.4 Å². The topological polar surface area (TPSA) is 93.0 Å². The Kier molecular flexibility index (Phi) is 4.14. The van der Waals surface area contributed by atoms with E-state index in [1.807, 2.05) is 0 Å². The smallest absolute Gasteiger partial charge is 0.268 e. The second-order valence-electron chi connectivity index (χ2n) is 3.10. The molecule has 0 atom stereocenters. The number of hydrogen-bond acceptors (Lipinski definition) is 4. The molecule has 0 fully saturated rings. The fourth-order valence-electron chi connectivity index (χ4n) is 1.26. The van der Waals surface area contributed by atoms with Crippen molar-refractivity contribution in [1.29, 1.82) is 0 Å². The molecule has 0 radical (unpaired) electrons. The number of carbonyl (C=O) groups is 2. The van der Waals surface area contributed by atoms with Gasteiger partial charge in [-0.25, -0.2) is 0 Å². The molecular weight excluding hydrogens is 212 g/mol. The van der Waals surface area contributed by atoms with Crippen molar-refractivity contribution in [2.45, 2.75) is 6.42 Å². The van der Waals surface area contributed by atoms with E-state index in [-0.39, 0.29) is 6.42 Å². The van der Waals surface area contributed by atoms with Crippen LogP contribution in [-0.2, 0) is 16.0 Å². The zero-order valence-corrected chi connectivity index (χ0v) is 8.20. The van der Waals surface area contributed by atoms with Crippen molar-refractivity contribution in [2.75, 3.05) is 0 Å². The van der Waals surface area contributed by atoms with Crippen LogP contribution >= 0.6 is 0 Å². The normalized spacial score (nSPS) is 9.81. The van der Waals surface area contributed by atoms with Crippen molar-refractivity contribution in [3.05, 3.63) is 45.7 Å². The van der Waals surface area contributed by atoms with Crippen LogP contribution in [0.25, 0.3) is 0 Å². The van der Waals surface area contributed by atoms with E-state index in [9.17, 15) is 19.4 Å². The van der Waals surface area contributed by atoms with Crippen LogP contribution in [0.4, 0.5) is 0 Å². The van der Waals surface area contributed by atoms with Crippen LogP contribution in [0.5, 0.6) is 0 Å². The van der Waals surface area contributed by atoms with Gasteiger partial charge < -0.3 is 0 Å². The molecule has 0 unspecified atom stereocenters. The molecule has 0 N–H and O–H groups in total. The molecule has 82 valence electrons. The maximum atomic E-state index is 11.0. The third-order valence-corrected chi connectivity index (χ3v) is 2.06. The Bertz CT molecular complexity index is 396. The third-order valence-electron chi connectivity index (χ3n) is 2.06. The predicted molar refractivity (Wildman–Crippen MR) is 55.2 cm³/mol. The molecule has 0 aliphatic heterocycles. The fraction of sp³-hybridized carbons (Fsp3) is 0.200. The van der Waals surface area contributed by atoms with Gasteiger partial charge in [0.25, 0.3) is 11.8 Å². The summed E-state index contributed by atoms with van der Waals surface area (Å²) in [6.07, 6.45) is -0.0456. The first kappa shape index (κ1) is 11.8. The van der Waals surface area contributed by atoms with Crippen LogP contribution in [0.15, 0.2) is 40.7 Å². The van der Waals surface area contributed by atoms with Gasteiger partial charge in [-0.15, -0.1) is 9.81 Å². The average molecular weight is 220 g/mol. The second-order valence-corrected chi connectivity index (χ2v) is 3.10. The molecule has 0 bridgehead atoms. The van der Waals surface area contributed by atoms with E-state index in [2.05, 4.69) is 10.4 Å². The first-order valence-electron chi connectivity index (χ1n) is 4.47. The Morgan fingerprint density at radius 2 is 1.50 bits per heavy atom. The first-order chi connectivity index (χ1) is 7.69. The summed E-state index contributed by atoms with van der Waals surface area (Å²) in [6, 6.07) is 8.53. The number of rotatable bonds is 4. The lowest BCUT2D eigenvalue weighted by Gasteiger charge is -2.05. The number of nitroso groups, excluding NO2 is 2. The summed E-state index contributed by atoms with van der Waals surface area (Å²) >= 11 is 0. The summed E-state index contributed by atoms with van der Waals surface area (Å²) in [6.45, 7) is 0. The minimum Gasteiger partial charge on any atom is -0.268 e. The minimum absolute atomic E-state index is 0.0456. The fourth-order valence-corrected chi connectivity index (χ4v) is 1.26.